The SMILES string of the molecule is CCc1nn(C)c(NC(=O)C(CC)n2cccn2)c1C. The van der Waals surface area contributed by atoms with Crippen LogP contribution in [0.1, 0.15) is 37.6 Å². The molecule has 1 amide bonds. The van der Waals surface area contributed by atoms with E-state index in [1.165, 1.54) is 0 Å². The highest BCUT2D eigenvalue weighted by Crippen LogP contribution is 2.20. The minimum atomic E-state index is -0.302. The molecule has 0 aliphatic heterocycles. The molecule has 108 valence electrons. The molecule has 1 unspecified atom stereocenters. The number of aryl methyl sites for hydroxylation is 2. The fraction of sp³-hybridized carbons (Fsp3) is 0.500. The van der Waals surface area contributed by atoms with Crippen molar-refractivity contribution in [2.75, 3.05) is 5.32 Å². The van der Waals surface area contributed by atoms with Gasteiger partial charge in [0.1, 0.15) is 11.9 Å². The summed E-state index contributed by atoms with van der Waals surface area (Å²) >= 11 is 0. The third kappa shape index (κ3) is 2.59. The highest BCUT2D eigenvalue weighted by Gasteiger charge is 2.21. The fourth-order valence-electron chi connectivity index (χ4n) is 2.35. The van der Waals surface area contributed by atoms with Crippen LogP contribution in [0.15, 0.2) is 18.5 Å². The molecule has 0 aromatic carbocycles. The van der Waals surface area contributed by atoms with E-state index in [9.17, 15) is 4.79 Å². The average Bonchev–Trinajstić information content (AvgIpc) is 3.03. The van der Waals surface area contributed by atoms with E-state index in [1.54, 1.807) is 21.8 Å². The summed E-state index contributed by atoms with van der Waals surface area (Å²) < 4.78 is 3.41. The number of hydrogen-bond donors (Lipinski definition) is 1. The standard InChI is InChI=1S/C14H21N5O/c1-5-11-10(3)13(18(4)17-11)16-14(20)12(6-2)19-9-7-8-15-19/h7-9,12H,5-6H2,1-4H3,(H,16,20). The molecular weight excluding hydrogens is 254 g/mol. The van der Waals surface area contributed by atoms with Gasteiger partial charge in [0.2, 0.25) is 5.91 Å². The zero-order valence-corrected chi connectivity index (χ0v) is 12.4. The van der Waals surface area contributed by atoms with Crippen LogP contribution in [0.25, 0.3) is 0 Å². The molecule has 0 spiro atoms. The number of nitrogens with zero attached hydrogens (tertiary/aromatic N) is 4. The molecule has 0 radical (unpaired) electrons. The zero-order valence-electron chi connectivity index (χ0n) is 12.4. The van der Waals surface area contributed by atoms with Crippen LogP contribution in [-0.2, 0) is 18.3 Å². The summed E-state index contributed by atoms with van der Waals surface area (Å²) in [7, 11) is 1.84. The van der Waals surface area contributed by atoms with Gasteiger partial charge in [0.05, 0.1) is 5.69 Å². The monoisotopic (exact) mass is 275 g/mol. The molecule has 2 aromatic heterocycles. The predicted molar refractivity (Wildman–Crippen MR) is 77.5 cm³/mol. The molecule has 2 aromatic rings. The summed E-state index contributed by atoms with van der Waals surface area (Å²) in [6, 6.07) is 1.52. The highest BCUT2D eigenvalue weighted by atomic mass is 16.2. The lowest BCUT2D eigenvalue weighted by Gasteiger charge is -2.16. The summed E-state index contributed by atoms with van der Waals surface area (Å²) in [6.07, 6.45) is 5.03. The first-order chi connectivity index (χ1) is 9.58. The van der Waals surface area contributed by atoms with Gasteiger partial charge in [-0.2, -0.15) is 10.2 Å². The maximum atomic E-state index is 12.4. The second-order valence-corrected chi connectivity index (χ2v) is 4.80. The second-order valence-electron chi connectivity index (χ2n) is 4.80. The zero-order chi connectivity index (χ0) is 14.7. The molecule has 0 aliphatic carbocycles. The van der Waals surface area contributed by atoms with Crippen molar-refractivity contribution in [2.24, 2.45) is 7.05 Å². The van der Waals surface area contributed by atoms with Crippen LogP contribution in [0.5, 0.6) is 0 Å². The highest BCUT2D eigenvalue weighted by molar-refractivity contribution is 5.93. The van der Waals surface area contributed by atoms with E-state index in [1.807, 2.05) is 27.0 Å². The smallest absolute Gasteiger partial charge is 0.250 e. The Balaban J connectivity index is 2.21. The summed E-state index contributed by atoms with van der Waals surface area (Å²) in [4.78, 5) is 12.4. The summed E-state index contributed by atoms with van der Waals surface area (Å²) in [5, 5.41) is 11.5. The molecule has 1 atom stereocenters. The van der Waals surface area contributed by atoms with Crippen molar-refractivity contribution in [3.63, 3.8) is 0 Å². The van der Waals surface area contributed by atoms with Crippen molar-refractivity contribution in [3.8, 4) is 0 Å². The first kappa shape index (κ1) is 14.3. The topological polar surface area (TPSA) is 64.7 Å². The largest absolute Gasteiger partial charge is 0.309 e. The molecule has 20 heavy (non-hydrogen) atoms. The molecule has 1 N–H and O–H groups in total. The van der Waals surface area contributed by atoms with Gasteiger partial charge in [0.15, 0.2) is 0 Å². The van der Waals surface area contributed by atoms with Gasteiger partial charge in [0.25, 0.3) is 0 Å². The van der Waals surface area contributed by atoms with Crippen molar-refractivity contribution in [2.45, 2.75) is 39.7 Å². The maximum Gasteiger partial charge on any atom is 0.250 e. The minimum absolute atomic E-state index is 0.0649. The van der Waals surface area contributed by atoms with Gasteiger partial charge < -0.3 is 5.32 Å². The van der Waals surface area contributed by atoms with Crippen molar-refractivity contribution >= 4 is 11.7 Å². The number of carbonyl (C=O) groups is 1. The van der Waals surface area contributed by atoms with E-state index in [-0.39, 0.29) is 11.9 Å². The van der Waals surface area contributed by atoms with Gasteiger partial charge in [-0.15, -0.1) is 0 Å². The Morgan fingerprint density at radius 2 is 2.20 bits per heavy atom. The van der Waals surface area contributed by atoms with E-state index < -0.39 is 0 Å². The second kappa shape index (κ2) is 5.90. The molecular formula is C14H21N5O. The van der Waals surface area contributed by atoms with Crippen LogP contribution in [0, 0.1) is 6.92 Å². The fourth-order valence-corrected chi connectivity index (χ4v) is 2.35. The van der Waals surface area contributed by atoms with E-state index in [4.69, 9.17) is 0 Å². The van der Waals surface area contributed by atoms with Crippen LogP contribution in [-0.4, -0.2) is 25.5 Å². The molecule has 0 aliphatic rings. The summed E-state index contributed by atoms with van der Waals surface area (Å²) in [6.45, 7) is 6.01. The maximum absolute atomic E-state index is 12.4. The van der Waals surface area contributed by atoms with Gasteiger partial charge >= 0.3 is 0 Å². The Labute approximate surface area is 118 Å². The number of aromatic nitrogens is 4. The quantitative estimate of drug-likeness (QED) is 0.908. The molecule has 2 rings (SSSR count). The third-order valence-electron chi connectivity index (χ3n) is 3.49. The van der Waals surface area contributed by atoms with Crippen molar-refractivity contribution < 1.29 is 4.79 Å². The number of rotatable bonds is 5. The van der Waals surface area contributed by atoms with Crippen LogP contribution in [0.4, 0.5) is 5.82 Å². The number of hydrogen-bond acceptors (Lipinski definition) is 3. The third-order valence-corrected chi connectivity index (χ3v) is 3.49. The molecule has 0 bridgehead atoms. The Bertz CT molecular complexity index is 585. The lowest BCUT2D eigenvalue weighted by atomic mass is 10.2. The molecule has 6 heteroatoms. The first-order valence-corrected chi connectivity index (χ1v) is 6.90. The average molecular weight is 275 g/mol. The van der Waals surface area contributed by atoms with Gasteiger partial charge in [-0.05, 0) is 25.8 Å². The van der Waals surface area contributed by atoms with Crippen LogP contribution in [0.2, 0.25) is 0 Å². The Morgan fingerprint density at radius 1 is 1.45 bits per heavy atom. The van der Waals surface area contributed by atoms with Gasteiger partial charge in [-0.1, -0.05) is 13.8 Å². The molecule has 0 saturated heterocycles. The number of nitrogens with one attached hydrogen (secondary N) is 1. The minimum Gasteiger partial charge on any atom is -0.309 e. The Morgan fingerprint density at radius 3 is 2.70 bits per heavy atom. The van der Waals surface area contributed by atoms with E-state index >= 15 is 0 Å². The van der Waals surface area contributed by atoms with Crippen molar-refractivity contribution in [1.82, 2.24) is 19.6 Å². The predicted octanol–water partition coefficient (Wildman–Crippen LogP) is 2.08. The molecule has 6 nitrogen and oxygen atoms in total. The molecule has 0 fully saturated rings. The van der Waals surface area contributed by atoms with Crippen molar-refractivity contribution in [1.29, 1.82) is 0 Å². The summed E-state index contributed by atoms with van der Waals surface area (Å²) in [5.41, 5.74) is 2.04. The Hall–Kier alpha value is -2.11. The van der Waals surface area contributed by atoms with E-state index in [0.29, 0.717) is 6.42 Å². The lowest BCUT2D eigenvalue weighted by Crippen LogP contribution is -2.27. The first-order valence-electron chi connectivity index (χ1n) is 6.90. The van der Waals surface area contributed by atoms with E-state index in [0.717, 1.165) is 23.5 Å². The number of anilines is 1. The van der Waals surface area contributed by atoms with Gasteiger partial charge in [-0.3, -0.25) is 14.2 Å². The van der Waals surface area contributed by atoms with Crippen LogP contribution < -0.4 is 5.32 Å². The summed E-state index contributed by atoms with van der Waals surface area (Å²) in [5.74, 6) is 0.697. The number of carbonyl (C=O) groups excluding carboxylic acids is 1. The van der Waals surface area contributed by atoms with Gasteiger partial charge in [0, 0.05) is 25.0 Å². The Kier molecular flexibility index (Phi) is 4.22. The molecule has 0 saturated carbocycles. The lowest BCUT2D eigenvalue weighted by molar-refractivity contribution is -0.119. The van der Waals surface area contributed by atoms with Crippen molar-refractivity contribution in [3.05, 3.63) is 29.7 Å². The van der Waals surface area contributed by atoms with Crippen LogP contribution >= 0.6 is 0 Å². The van der Waals surface area contributed by atoms with E-state index in [2.05, 4.69) is 22.4 Å². The molecule has 2 heterocycles. The normalized spacial score (nSPS) is 12.4. The van der Waals surface area contributed by atoms with Crippen LogP contribution in [0.3, 0.4) is 0 Å². The number of amides is 1. The van der Waals surface area contributed by atoms with Gasteiger partial charge in [-0.25, -0.2) is 0 Å².